The van der Waals surface area contributed by atoms with Gasteiger partial charge in [0.1, 0.15) is 0 Å². The van der Waals surface area contributed by atoms with Crippen LogP contribution in [0.5, 0.6) is 0 Å². The third kappa shape index (κ3) is 2.61. The lowest BCUT2D eigenvalue weighted by Gasteiger charge is -2.07. The van der Waals surface area contributed by atoms with Gasteiger partial charge >= 0.3 is 0 Å². The summed E-state index contributed by atoms with van der Waals surface area (Å²) in [6.45, 7) is 2.61. The van der Waals surface area contributed by atoms with Crippen molar-refractivity contribution in [1.29, 1.82) is 0 Å². The van der Waals surface area contributed by atoms with Gasteiger partial charge in [0.15, 0.2) is 5.82 Å². The van der Waals surface area contributed by atoms with Crippen LogP contribution in [0.3, 0.4) is 0 Å². The predicted molar refractivity (Wildman–Crippen MR) is 72.1 cm³/mol. The Balaban J connectivity index is 2.31. The van der Waals surface area contributed by atoms with Gasteiger partial charge in [-0.05, 0) is 24.1 Å². The van der Waals surface area contributed by atoms with Crippen molar-refractivity contribution in [3.8, 4) is 0 Å². The molecule has 0 aliphatic rings. The number of hydrogen-bond acceptors (Lipinski definition) is 3. The molecule has 90 valence electrons. The van der Waals surface area contributed by atoms with Gasteiger partial charge in [-0.3, -0.25) is 0 Å². The summed E-state index contributed by atoms with van der Waals surface area (Å²) in [4.78, 5) is 0. The van der Waals surface area contributed by atoms with E-state index in [2.05, 4.69) is 26.2 Å². The maximum atomic E-state index is 6.16. The number of rotatable bonds is 3. The summed E-state index contributed by atoms with van der Waals surface area (Å²) >= 11 is 9.53. The molecule has 0 saturated carbocycles. The van der Waals surface area contributed by atoms with E-state index in [0.717, 1.165) is 22.2 Å². The normalized spacial score (nSPS) is 10.8. The summed E-state index contributed by atoms with van der Waals surface area (Å²) in [6.07, 6.45) is 0.799. The van der Waals surface area contributed by atoms with Crippen molar-refractivity contribution in [2.45, 2.75) is 19.9 Å². The minimum absolute atomic E-state index is 0.487. The van der Waals surface area contributed by atoms with E-state index in [1.54, 1.807) is 4.68 Å². The highest BCUT2D eigenvalue weighted by molar-refractivity contribution is 9.10. The molecule has 0 bridgehead atoms. The van der Waals surface area contributed by atoms with Crippen molar-refractivity contribution >= 4 is 33.3 Å². The van der Waals surface area contributed by atoms with Crippen LogP contribution in [-0.2, 0) is 13.0 Å². The van der Waals surface area contributed by atoms with Gasteiger partial charge in [0.2, 0.25) is 0 Å². The van der Waals surface area contributed by atoms with Gasteiger partial charge in [-0.25, -0.2) is 4.68 Å². The number of nitrogens with two attached hydrogens (primary N) is 1. The van der Waals surface area contributed by atoms with Crippen molar-refractivity contribution in [2.75, 3.05) is 5.73 Å². The first-order valence-electron chi connectivity index (χ1n) is 5.23. The molecular weight excluding hydrogens is 304 g/mol. The second kappa shape index (κ2) is 5.06. The van der Waals surface area contributed by atoms with Crippen LogP contribution in [0.25, 0.3) is 0 Å². The van der Waals surface area contributed by atoms with Crippen molar-refractivity contribution in [1.82, 2.24) is 15.0 Å². The zero-order chi connectivity index (χ0) is 12.4. The average molecular weight is 316 g/mol. The molecule has 17 heavy (non-hydrogen) atoms. The molecule has 0 amide bonds. The summed E-state index contributed by atoms with van der Waals surface area (Å²) in [7, 11) is 0. The van der Waals surface area contributed by atoms with Crippen LogP contribution in [0, 0.1) is 0 Å². The van der Waals surface area contributed by atoms with Crippen LogP contribution in [0.1, 0.15) is 18.2 Å². The smallest absolute Gasteiger partial charge is 0.169 e. The number of nitrogens with zero attached hydrogens (tertiary/aromatic N) is 3. The molecule has 2 aromatic rings. The van der Waals surface area contributed by atoms with Crippen LogP contribution in [-0.4, -0.2) is 15.0 Å². The van der Waals surface area contributed by atoms with Gasteiger partial charge in [0.05, 0.1) is 12.2 Å². The number of halogens is 2. The first kappa shape index (κ1) is 12.4. The Hall–Kier alpha value is -1.07. The van der Waals surface area contributed by atoms with Crippen LogP contribution in [0.4, 0.5) is 5.82 Å². The maximum Gasteiger partial charge on any atom is 0.169 e. The lowest BCUT2D eigenvalue weighted by molar-refractivity contribution is 0.622. The van der Waals surface area contributed by atoms with Crippen molar-refractivity contribution in [2.24, 2.45) is 0 Å². The quantitative estimate of drug-likeness (QED) is 0.947. The van der Waals surface area contributed by atoms with Crippen molar-refractivity contribution < 1.29 is 0 Å². The highest BCUT2D eigenvalue weighted by atomic mass is 79.9. The molecule has 6 heteroatoms. The van der Waals surface area contributed by atoms with E-state index < -0.39 is 0 Å². The summed E-state index contributed by atoms with van der Waals surface area (Å²) in [6, 6.07) is 5.78. The number of hydrogen-bond donors (Lipinski definition) is 1. The largest absolute Gasteiger partial charge is 0.381 e. The molecule has 4 nitrogen and oxygen atoms in total. The monoisotopic (exact) mass is 314 g/mol. The molecule has 2 N–H and O–H groups in total. The average Bonchev–Trinajstić information content (AvgIpc) is 2.63. The Labute approximate surface area is 113 Å². The summed E-state index contributed by atoms with van der Waals surface area (Å²) < 4.78 is 2.74. The molecule has 0 radical (unpaired) electrons. The molecular formula is C11H12BrClN4. The first-order valence-corrected chi connectivity index (χ1v) is 6.40. The lowest BCUT2D eigenvalue weighted by Crippen LogP contribution is -2.07. The zero-order valence-electron chi connectivity index (χ0n) is 9.32. The summed E-state index contributed by atoms with van der Waals surface area (Å²) in [5.74, 6) is 0.487. The lowest BCUT2D eigenvalue weighted by atomic mass is 10.2. The number of aromatic nitrogens is 3. The van der Waals surface area contributed by atoms with Gasteiger partial charge in [0.25, 0.3) is 0 Å². The second-order valence-corrected chi connectivity index (χ2v) is 4.99. The van der Waals surface area contributed by atoms with Gasteiger partial charge in [0, 0.05) is 9.50 Å². The zero-order valence-corrected chi connectivity index (χ0v) is 11.7. The van der Waals surface area contributed by atoms with Gasteiger partial charge in [-0.15, -0.1) is 5.10 Å². The Bertz CT molecular complexity index is 538. The Morgan fingerprint density at radius 3 is 2.88 bits per heavy atom. The second-order valence-electron chi connectivity index (χ2n) is 3.67. The van der Waals surface area contributed by atoms with Gasteiger partial charge < -0.3 is 5.73 Å². The van der Waals surface area contributed by atoms with E-state index >= 15 is 0 Å². The highest BCUT2D eigenvalue weighted by Crippen LogP contribution is 2.22. The standard InChI is InChI=1S/C11H12BrClN4/c1-2-10-11(14)15-16-17(10)6-7-3-4-8(12)5-9(7)13/h3-5H,2,6,14H2,1H3. The molecule has 2 rings (SSSR count). The minimum atomic E-state index is 0.487. The van der Waals surface area contributed by atoms with Crippen LogP contribution in [0.15, 0.2) is 22.7 Å². The van der Waals surface area contributed by atoms with Crippen molar-refractivity contribution in [3.05, 3.63) is 39.0 Å². The van der Waals surface area contributed by atoms with Crippen LogP contribution < -0.4 is 5.73 Å². The molecule has 0 aliphatic carbocycles. The molecule has 1 aromatic carbocycles. The molecule has 1 aromatic heterocycles. The van der Waals surface area contributed by atoms with Gasteiger partial charge in [-0.1, -0.05) is 45.7 Å². The number of benzene rings is 1. The summed E-state index contributed by atoms with van der Waals surface area (Å²) in [5.41, 5.74) is 7.66. The Kier molecular flexibility index (Phi) is 3.69. The fourth-order valence-corrected chi connectivity index (χ4v) is 2.38. The van der Waals surface area contributed by atoms with E-state index in [4.69, 9.17) is 17.3 Å². The highest BCUT2D eigenvalue weighted by Gasteiger charge is 2.10. The molecule has 0 spiro atoms. The molecule has 1 heterocycles. The van der Waals surface area contributed by atoms with E-state index in [-0.39, 0.29) is 0 Å². The fourth-order valence-electron chi connectivity index (χ4n) is 1.65. The Morgan fingerprint density at radius 1 is 1.47 bits per heavy atom. The van der Waals surface area contributed by atoms with Crippen molar-refractivity contribution in [3.63, 3.8) is 0 Å². The predicted octanol–water partition coefficient (Wildman–Crippen LogP) is 2.89. The van der Waals surface area contributed by atoms with E-state index in [1.807, 2.05) is 25.1 Å². The SMILES string of the molecule is CCc1c(N)nnn1Cc1ccc(Br)cc1Cl. The van der Waals surface area contributed by atoms with E-state index in [9.17, 15) is 0 Å². The van der Waals surface area contributed by atoms with E-state index in [1.165, 1.54) is 0 Å². The Morgan fingerprint density at radius 2 is 2.24 bits per heavy atom. The molecule has 0 aliphatic heterocycles. The molecule has 0 unspecified atom stereocenters. The number of nitrogen functional groups attached to an aromatic ring is 1. The van der Waals surface area contributed by atoms with Crippen LogP contribution in [0.2, 0.25) is 5.02 Å². The third-order valence-electron chi connectivity index (χ3n) is 2.54. The third-order valence-corrected chi connectivity index (χ3v) is 3.38. The summed E-state index contributed by atoms with van der Waals surface area (Å²) in [5, 5.41) is 8.59. The van der Waals surface area contributed by atoms with Crippen LogP contribution >= 0.6 is 27.5 Å². The number of anilines is 1. The minimum Gasteiger partial charge on any atom is -0.381 e. The fraction of sp³-hybridized carbons (Fsp3) is 0.273. The first-order chi connectivity index (χ1) is 8.11. The molecule has 0 fully saturated rings. The van der Waals surface area contributed by atoms with Gasteiger partial charge in [-0.2, -0.15) is 0 Å². The van der Waals surface area contributed by atoms with E-state index in [0.29, 0.717) is 17.4 Å². The topological polar surface area (TPSA) is 56.7 Å². The maximum absolute atomic E-state index is 6.16. The molecule has 0 saturated heterocycles. The molecule has 0 atom stereocenters.